The molecule has 1 heterocycles. The Kier molecular flexibility index (Phi) is 5.90. The van der Waals surface area contributed by atoms with Crippen LogP contribution in [-0.2, 0) is 10.4 Å². The number of allylic oxidation sites excluding steroid dienone is 1. The molecule has 3 rings (SSSR count). The number of halogens is 1. The van der Waals surface area contributed by atoms with Crippen molar-refractivity contribution in [1.29, 1.82) is 0 Å². The van der Waals surface area contributed by atoms with Crippen molar-refractivity contribution in [1.82, 2.24) is 4.90 Å². The van der Waals surface area contributed by atoms with Crippen LogP contribution in [0.3, 0.4) is 0 Å². The Morgan fingerprint density at radius 2 is 1.82 bits per heavy atom. The van der Waals surface area contributed by atoms with Gasteiger partial charge in [-0.25, -0.2) is 0 Å². The molecule has 0 saturated carbocycles. The van der Waals surface area contributed by atoms with Crippen LogP contribution in [0.4, 0.5) is 0 Å². The molecule has 2 aromatic rings. The van der Waals surface area contributed by atoms with E-state index >= 15 is 0 Å². The van der Waals surface area contributed by atoms with Crippen molar-refractivity contribution in [2.45, 2.75) is 26.4 Å². The first kappa shape index (κ1) is 20.2. The highest BCUT2D eigenvalue weighted by molar-refractivity contribution is 6.30. The Labute approximate surface area is 171 Å². The molecule has 0 saturated heterocycles. The van der Waals surface area contributed by atoms with Crippen molar-refractivity contribution in [3.8, 4) is 5.75 Å². The van der Waals surface area contributed by atoms with Crippen LogP contribution in [0.5, 0.6) is 5.75 Å². The molecule has 0 bridgehead atoms. The van der Waals surface area contributed by atoms with Gasteiger partial charge in [-0.1, -0.05) is 48.0 Å². The van der Waals surface area contributed by atoms with E-state index in [-0.39, 0.29) is 5.91 Å². The molecular weight excluding hydrogens is 372 g/mol. The minimum absolute atomic E-state index is 0.0898. The van der Waals surface area contributed by atoms with Gasteiger partial charge in [-0.05, 0) is 50.6 Å². The molecule has 0 N–H and O–H groups in total. The number of amides is 1. The maximum atomic E-state index is 13.5. The van der Waals surface area contributed by atoms with E-state index in [4.69, 9.17) is 16.3 Å². The Morgan fingerprint density at radius 3 is 2.39 bits per heavy atom. The van der Waals surface area contributed by atoms with Gasteiger partial charge in [-0.15, -0.1) is 0 Å². The van der Waals surface area contributed by atoms with Crippen molar-refractivity contribution >= 4 is 28.8 Å². The van der Waals surface area contributed by atoms with Gasteiger partial charge >= 0.3 is 0 Å². The normalized spacial score (nSPS) is 16.1. The minimum atomic E-state index is -1.17. The van der Waals surface area contributed by atoms with E-state index in [1.54, 1.807) is 17.0 Å². The highest BCUT2D eigenvalue weighted by Gasteiger charge is 2.41. The predicted octanol–water partition coefficient (Wildman–Crippen LogP) is 4.97. The summed E-state index contributed by atoms with van der Waals surface area (Å²) in [6, 6.07) is 14.9. The van der Waals surface area contributed by atoms with E-state index in [0.717, 1.165) is 22.4 Å². The average Bonchev–Trinajstić information content (AvgIpc) is 2.68. The van der Waals surface area contributed by atoms with Gasteiger partial charge in [0.1, 0.15) is 5.75 Å². The summed E-state index contributed by atoms with van der Waals surface area (Å²) in [5.74, 6) is 0.534. The molecule has 1 aliphatic heterocycles. The van der Waals surface area contributed by atoms with Crippen molar-refractivity contribution in [3.05, 3.63) is 71.3 Å². The maximum absolute atomic E-state index is 13.5. The van der Waals surface area contributed by atoms with Gasteiger partial charge in [0, 0.05) is 22.8 Å². The van der Waals surface area contributed by atoms with Crippen LogP contribution >= 0.6 is 11.6 Å². The van der Waals surface area contributed by atoms with Crippen molar-refractivity contribution in [2.75, 3.05) is 19.6 Å². The summed E-state index contributed by atoms with van der Waals surface area (Å²) >= 11 is 6.06. The van der Waals surface area contributed by atoms with E-state index in [0.29, 0.717) is 30.4 Å². The first-order valence-electron chi connectivity index (χ1n) is 9.30. The second-order valence-corrected chi connectivity index (χ2v) is 7.73. The Hall–Kier alpha value is -2.59. The second kappa shape index (κ2) is 8.19. The second-order valence-electron chi connectivity index (χ2n) is 7.29. The number of ether oxygens (including phenoxy) is 1. The van der Waals surface area contributed by atoms with E-state index in [9.17, 15) is 4.79 Å². The largest absolute Gasteiger partial charge is 0.473 e. The van der Waals surface area contributed by atoms with Crippen LogP contribution in [-0.4, -0.2) is 36.2 Å². The Bertz CT molecular complexity index is 903. The van der Waals surface area contributed by atoms with Gasteiger partial charge in [0.25, 0.3) is 5.91 Å². The molecule has 1 unspecified atom stereocenters. The van der Waals surface area contributed by atoms with Crippen molar-refractivity contribution < 1.29 is 9.53 Å². The summed E-state index contributed by atoms with van der Waals surface area (Å²) in [6.45, 7) is 11.4. The molecule has 1 aliphatic rings. The molecule has 2 aromatic carbocycles. The number of carbonyl (C=O) groups excluding carboxylic acids is 1. The van der Waals surface area contributed by atoms with Gasteiger partial charge < -0.3 is 9.64 Å². The van der Waals surface area contributed by atoms with E-state index in [2.05, 4.69) is 11.6 Å². The van der Waals surface area contributed by atoms with Crippen LogP contribution in [0.25, 0.3) is 5.57 Å². The fourth-order valence-electron chi connectivity index (χ4n) is 3.28. The zero-order valence-electron chi connectivity index (χ0n) is 16.5. The summed E-state index contributed by atoms with van der Waals surface area (Å²) in [7, 11) is 0. The van der Waals surface area contributed by atoms with Crippen LogP contribution in [0.2, 0.25) is 5.02 Å². The lowest BCUT2D eigenvalue weighted by molar-refractivity contribution is -0.147. The summed E-state index contributed by atoms with van der Waals surface area (Å²) in [5, 5.41) is 0.616. The first-order valence-corrected chi connectivity index (χ1v) is 9.68. The molecule has 1 atom stereocenters. The third-order valence-electron chi connectivity index (χ3n) is 4.93. The van der Waals surface area contributed by atoms with Gasteiger partial charge in [0.05, 0.1) is 13.1 Å². The van der Waals surface area contributed by atoms with Crippen LogP contribution in [0, 0.1) is 0 Å². The zero-order chi connectivity index (χ0) is 20.3. The number of nitrogens with zero attached hydrogens (tertiary/aromatic N) is 2. The van der Waals surface area contributed by atoms with Crippen molar-refractivity contribution in [2.24, 2.45) is 4.99 Å². The molecule has 0 radical (unpaired) electrons. The number of hydrogen-bond acceptors (Lipinski definition) is 3. The summed E-state index contributed by atoms with van der Waals surface area (Å²) in [5.41, 5.74) is 2.54. The third-order valence-corrected chi connectivity index (χ3v) is 5.18. The van der Waals surface area contributed by atoms with Gasteiger partial charge in [0.15, 0.2) is 0 Å². The van der Waals surface area contributed by atoms with Crippen LogP contribution in [0.15, 0.2) is 60.1 Å². The fourth-order valence-corrected chi connectivity index (χ4v) is 3.41. The lowest BCUT2D eigenvalue weighted by atomic mass is 9.93. The lowest BCUT2D eigenvalue weighted by Gasteiger charge is -2.36. The third kappa shape index (κ3) is 4.28. The molecule has 0 aliphatic carbocycles. The molecule has 0 aromatic heterocycles. The number of carbonyl (C=O) groups is 1. The van der Waals surface area contributed by atoms with Gasteiger partial charge in [0.2, 0.25) is 5.60 Å². The lowest BCUT2D eigenvalue weighted by Crippen LogP contribution is -2.52. The minimum Gasteiger partial charge on any atom is -0.473 e. The van der Waals surface area contributed by atoms with Gasteiger partial charge in [-0.3, -0.25) is 9.79 Å². The summed E-state index contributed by atoms with van der Waals surface area (Å²) in [6.07, 6.45) is 0. The van der Waals surface area contributed by atoms with E-state index in [1.807, 2.05) is 57.2 Å². The van der Waals surface area contributed by atoms with E-state index in [1.165, 1.54) is 0 Å². The molecule has 4 nitrogen and oxygen atoms in total. The fraction of sp³-hybridized carbons (Fsp3) is 0.304. The monoisotopic (exact) mass is 396 g/mol. The number of aliphatic imine (C=N–C) groups is 1. The Morgan fingerprint density at radius 1 is 1.18 bits per heavy atom. The maximum Gasteiger partial charge on any atom is 0.271 e. The topological polar surface area (TPSA) is 41.9 Å². The molecule has 5 heteroatoms. The highest BCUT2D eigenvalue weighted by atomic mass is 35.5. The summed E-state index contributed by atoms with van der Waals surface area (Å²) in [4.78, 5) is 19.7. The molecule has 1 amide bonds. The predicted molar refractivity (Wildman–Crippen MR) is 115 cm³/mol. The molecular formula is C23H25ClN2O2. The SMILES string of the molecule is C=C(C)c1ccc(OC(C)(C(=O)N2CCN=C(C)C2)c2ccc(Cl)cc2)cc1. The average molecular weight is 397 g/mol. The quantitative estimate of drug-likeness (QED) is 0.715. The van der Waals surface area contributed by atoms with Gasteiger partial charge in [-0.2, -0.15) is 0 Å². The van der Waals surface area contributed by atoms with Crippen molar-refractivity contribution in [3.63, 3.8) is 0 Å². The van der Waals surface area contributed by atoms with E-state index < -0.39 is 5.60 Å². The summed E-state index contributed by atoms with van der Waals surface area (Å²) < 4.78 is 6.31. The molecule has 28 heavy (non-hydrogen) atoms. The molecule has 0 fully saturated rings. The Balaban J connectivity index is 1.96. The number of benzene rings is 2. The standard InChI is InChI=1S/C23H25ClN2O2/c1-16(2)18-5-11-21(12-6-18)28-23(4,19-7-9-20(24)10-8-19)22(27)26-14-13-25-17(3)15-26/h5-12H,1,13-15H2,2-4H3. The van der Waals surface area contributed by atoms with Crippen LogP contribution in [0.1, 0.15) is 31.9 Å². The molecule has 146 valence electrons. The number of hydrogen-bond donors (Lipinski definition) is 0. The highest BCUT2D eigenvalue weighted by Crippen LogP contribution is 2.32. The molecule has 0 spiro atoms. The first-order chi connectivity index (χ1) is 13.3. The number of rotatable bonds is 5. The zero-order valence-corrected chi connectivity index (χ0v) is 17.3. The smallest absolute Gasteiger partial charge is 0.271 e. The van der Waals surface area contributed by atoms with Crippen LogP contribution < -0.4 is 4.74 Å².